The highest BCUT2D eigenvalue weighted by atomic mass is 16.7. The summed E-state index contributed by atoms with van der Waals surface area (Å²) in [6.45, 7) is 10.6. The van der Waals surface area contributed by atoms with Crippen LogP contribution in [0.5, 0.6) is 0 Å². The second-order valence-corrected chi connectivity index (χ2v) is 8.22. The van der Waals surface area contributed by atoms with Crippen molar-refractivity contribution in [3.8, 4) is 0 Å². The monoisotopic (exact) mass is 368 g/mol. The van der Waals surface area contributed by atoms with E-state index in [4.69, 9.17) is 18.9 Å². The summed E-state index contributed by atoms with van der Waals surface area (Å²) in [5.41, 5.74) is 0. The van der Waals surface area contributed by atoms with Crippen molar-refractivity contribution >= 4 is 11.9 Å². The van der Waals surface area contributed by atoms with Gasteiger partial charge in [-0.15, -0.1) is 0 Å². The average molecular weight is 368 g/mol. The molecule has 148 valence electrons. The minimum Gasteiger partial charge on any atom is -0.460 e. The van der Waals surface area contributed by atoms with E-state index in [-0.39, 0.29) is 18.8 Å². The third-order valence-corrected chi connectivity index (χ3v) is 5.06. The molecule has 26 heavy (non-hydrogen) atoms. The summed E-state index contributed by atoms with van der Waals surface area (Å²) < 4.78 is 21.7. The van der Waals surface area contributed by atoms with Crippen LogP contribution in [0.3, 0.4) is 0 Å². The second kappa shape index (κ2) is 9.00. The molecule has 0 bridgehead atoms. The molecule has 0 spiro atoms. The van der Waals surface area contributed by atoms with Gasteiger partial charge in [0.05, 0.1) is 6.61 Å². The molecular formula is C20H32O6. The Hall–Kier alpha value is -1.40. The predicted octanol–water partition coefficient (Wildman–Crippen LogP) is 3.24. The predicted molar refractivity (Wildman–Crippen MR) is 96.2 cm³/mol. The van der Waals surface area contributed by atoms with E-state index < -0.39 is 17.7 Å². The molecule has 2 aliphatic rings. The maximum atomic E-state index is 12.1. The van der Waals surface area contributed by atoms with Crippen LogP contribution in [0.2, 0.25) is 0 Å². The standard InChI is InChI=1S/C20H32O6/c1-13(2)16-7-6-14(3)10-17(16)25-19(22)9-8-18(21)23-11-15-12-24-20(4,5)26-15/h8-9,13-17H,6-7,10-12H2,1-5H3/b9-8+. The normalized spacial score (nSPS) is 31.3. The fourth-order valence-electron chi connectivity index (χ4n) is 3.64. The van der Waals surface area contributed by atoms with Crippen LogP contribution in [0.1, 0.15) is 53.9 Å². The maximum absolute atomic E-state index is 12.1. The zero-order valence-corrected chi connectivity index (χ0v) is 16.5. The van der Waals surface area contributed by atoms with Gasteiger partial charge in [-0.1, -0.05) is 27.2 Å². The van der Waals surface area contributed by atoms with Crippen molar-refractivity contribution in [2.45, 2.75) is 71.9 Å². The summed E-state index contributed by atoms with van der Waals surface area (Å²) in [5.74, 6) is -0.345. The summed E-state index contributed by atoms with van der Waals surface area (Å²) in [4.78, 5) is 23.8. The number of ether oxygens (including phenoxy) is 4. The highest BCUT2D eigenvalue weighted by molar-refractivity contribution is 5.91. The van der Waals surface area contributed by atoms with E-state index in [0.717, 1.165) is 25.0 Å². The van der Waals surface area contributed by atoms with Crippen molar-refractivity contribution in [3.63, 3.8) is 0 Å². The molecule has 6 heteroatoms. The van der Waals surface area contributed by atoms with Crippen molar-refractivity contribution in [2.24, 2.45) is 17.8 Å². The molecule has 2 rings (SSSR count). The van der Waals surface area contributed by atoms with E-state index in [1.54, 1.807) is 13.8 Å². The largest absolute Gasteiger partial charge is 0.460 e. The summed E-state index contributed by atoms with van der Waals surface area (Å²) in [7, 11) is 0. The Bertz CT molecular complexity index is 524. The van der Waals surface area contributed by atoms with Crippen molar-refractivity contribution in [1.82, 2.24) is 0 Å². The van der Waals surface area contributed by atoms with Gasteiger partial charge < -0.3 is 18.9 Å². The Morgan fingerprint density at radius 1 is 1.19 bits per heavy atom. The summed E-state index contributed by atoms with van der Waals surface area (Å²) in [6.07, 6.45) is 5.00. The lowest BCUT2D eigenvalue weighted by Crippen LogP contribution is -2.35. The lowest BCUT2D eigenvalue weighted by atomic mass is 9.75. The zero-order chi connectivity index (χ0) is 19.3. The number of carbonyl (C=O) groups excluding carboxylic acids is 2. The number of hydrogen-bond acceptors (Lipinski definition) is 6. The van der Waals surface area contributed by atoms with E-state index in [9.17, 15) is 9.59 Å². The zero-order valence-electron chi connectivity index (χ0n) is 16.5. The van der Waals surface area contributed by atoms with Crippen LogP contribution in [0.15, 0.2) is 12.2 Å². The minimum absolute atomic E-state index is 0.0850. The van der Waals surface area contributed by atoms with Crippen LogP contribution in [-0.4, -0.2) is 43.1 Å². The van der Waals surface area contributed by atoms with Crippen LogP contribution < -0.4 is 0 Å². The van der Waals surface area contributed by atoms with Gasteiger partial charge in [0.1, 0.15) is 18.8 Å². The first-order valence-corrected chi connectivity index (χ1v) is 9.53. The Morgan fingerprint density at radius 3 is 2.50 bits per heavy atom. The van der Waals surface area contributed by atoms with Crippen LogP contribution >= 0.6 is 0 Å². The van der Waals surface area contributed by atoms with E-state index in [2.05, 4.69) is 20.8 Å². The summed E-state index contributed by atoms with van der Waals surface area (Å²) in [5, 5.41) is 0. The van der Waals surface area contributed by atoms with E-state index >= 15 is 0 Å². The molecule has 1 aliphatic carbocycles. The Balaban J connectivity index is 1.76. The van der Waals surface area contributed by atoms with Gasteiger partial charge in [0.2, 0.25) is 0 Å². The highest BCUT2D eigenvalue weighted by Crippen LogP contribution is 2.35. The fraction of sp³-hybridized carbons (Fsp3) is 0.800. The van der Waals surface area contributed by atoms with Gasteiger partial charge in [-0.25, -0.2) is 9.59 Å². The third kappa shape index (κ3) is 6.40. The third-order valence-electron chi connectivity index (χ3n) is 5.06. The number of hydrogen-bond donors (Lipinski definition) is 0. The molecule has 4 unspecified atom stereocenters. The van der Waals surface area contributed by atoms with Gasteiger partial charge >= 0.3 is 11.9 Å². The molecule has 2 fully saturated rings. The first-order valence-electron chi connectivity index (χ1n) is 9.53. The first-order chi connectivity index (χ1) is 12.2. The fourth-order valence-corrected chi connectivity index (χ4v) is 3.64. The lowest BCUT2D eigenvalue weighted by Gasteiger charge is -2.36. The van der Waals surface area contributed by atoms with Gasteiger partial charge in [-0.2, -0.15) is 0 Å². The molecule has 0 aromatic heterocycles. The number of esters is 2. The molecule has 0 aromatic rings. The van der Waals surface area contributed by atoms with Crippen molar-refractivity contribution in [2.75, 3.05) is 13.2 Å². The van der Waals surface area contributed by atoms with Crippen molar-refractivity contribution < 1.29 is 28.5 Å². The SMILES string of the molecule is CC1CCC(C(C)C)C(OC(=O)/C=C/C(=O)OCC2COC(C)(C)O2)C1. The van der Waals surface area contributed by atoms with Crippen molar-refractivity contribution in [3.05, 3.63) is 12.2 Å². The van der Waals surface area contributed by atoms with Gasteiger partial charge in [-0.05, 0) is 44.4 Å². The topological polar surface area (TPSA) is 71.1 Å². The van der Waals surface area contributed by atoms with Crippen LogP contribution in [0.25, 0.3) is 0 Å². The molecule has 0 aromatic carbocycles. The van der Waals surface area contributed by atoms with E-state index in [0.29, 0.717) is 24.4 Å². The molecule has 1 aliphatic heterocycles. The van der Waals surface area contributed by atoms with Crippen LogP contribution in [0, 0.1) is 17.8 Å². The van der Waals surface area contributed by atoms with Crippen molar-refractivity contribution in [1.29, 1.82) is 0 Å². The number of carbonyl (C=O) groups is 2. The van der Waals surface area contributed by atoms with Crippen LogP contribution in [-0.2, 0) is 28.5 Å². The van der Waals surface area contributed by atoms with Gasteiger partial charge in [0, 0.05) is 12.2 Å². The molecular weight excluding hydrogens is 336 g/mol. The summed E-state index contributed by atoms with van der Waals surface area (Å²) in [6, 6.07) is 0. The molecule has 1 heterocycles. The molecule has 0 radical (unpaired) electrons. The average Bonchev–Trinajstić information content (AvgIpc) is 2.90. The second-order valence-electron chi connectivity index (χ2n) is 8.22. The Kier molecular flexibility index (Phi) is 7.24. The Labute approximate surface area is 156 Å². The number of rotatable bonds is 6. The molecule has 6 nitrogen and oxygen atoms in total. The Morgan fingerprint density at radius 2 is 1.88 bits per heavy atom. The smallest absolute Gasteiger partial charge is 0.331 e. The molecule has 4 atom stereocenters. The quantitative estimate of drug-likeness (QED) is 0.529. The highest BCUT2D eigenvalue weighted by Gasteiger charge is 2.34. The van der Waals surface area contributed by atoms with Gasteiger partial charge in [0.25, 0.3) is 0 Å². The molecule has 1 saturated carbocycles. The van der Waals surface area contributed by atoms with Gasteiger partial charge in [-0.3, -0.25) is 0 Å². The lowest BCUT2D eigenvalue weighted by molar-refractivity contribution is -0.155. The first kappa shape index (κ1) is 20.9. The molecule has 0 amide bonds. The van der Waals surface area contributed by atoms with Gasteiger partial charge in [0.15, 0.2) is 5.79 Å². The molecule has 0 N–H and O–H groups in total. The van der Waals surface area contributed by atoms with E-state index in [1.807, 2.05) is 0 Å². The summed E-state index contributed by atoms with van der Waals surface area (Å²) >= 11 is 0. The van der Waals surface area contributed by atoms with Crippen LogP contribution in [0.4, 0.5) is 0 Å². The molecule has 1 saturated heterocycles. The minimum atomic E-state index is -0.652. The maximum Gasteiger partial charge on any atom is 0.331 e. The van der Waals surface area contributed by atoms with E-state index in [1.165, 1.54) is 6.42 Å².